The van der Waals surface area contributed by atoms with E-state index in [0.717, 1.165) is 27.5 Å². The van der Waals surface area contributed by atoms with Crippen molar-refractivity contribution in [3.63, 3.8) is 0 Å². The predicted octanol–water partition coefficient (Wildman–Crippen LogP) is 6.81. The molecule has 0 unspecified atom stereocenters. The van der Waals surface area contributed by atoms with Gasteiger partial charge in [0.25, 0.3) is 0 Å². The molecular weight excluding hydrogens is 392 g/mol. The van der Waals surface area contributed by atoms with Crippen LogP contribution in [0.5, 0.6) is 17.4 Å². The third kappa shape index (κ3) is 4.62. The highest BCUT2D eigenvalue weighted by molar-refractivity contribution is 8.14. The third-order valence-electron chi connectivity index (χ3n) is 5.51. The molecule has 4 nitrogen and oxygen atoms in total. The molecule has 0 fully saturated rings. The number of aromatic hydroxyl groups is 1. The highest BCUT2D eigenvalue weighted by Gasteiger charge is 2.26. The number of rotatable bonds is 8. The van der Waals surface area contributed by atoms with Crippen molar-refractivity contribution in [1.29, 1.82) is 0 Å². The van der Waals surface area contributed by atoms with E-state index in [2.05, 4.69) is 24.9 Å². The summed E-state index contributed by atoms with van der Waals surface area (Å²) in [6.45, 7) is 4.52. The molecular formula is C25H28N2O2S. The van der Waals surface area contributed by atoms with E-state index in [0.29, 0.717) is 23.4 Å². The van der Waals surface area contributed by atoms with Crippen molar-refractivity contribution in [2.75, 3.05) is 5.75 Å². The van der Waals surface area contributed by atoms with E-state index in [9.17, 15) is 5.11 Å². The Hall–Kier alpha value is -2.53. The van der Waals surface area contributed by atoms with Gasteiger partial charge in [0.15, 0.2) is 0 Å². The minimum absolute atomic E-state index is 0.156. The lowest BCUT2D eigenvalue weighted by molar-refractivity contribution is 0.387. The average Bonchev–Trinajstić information content (AvgIpc) is 3.25. The molecule has 2 heterocycles. The number of hydrogen-bond donors (Lipinski definition) is 1. The normalized spacial score (nSPS) is 16.2. The van der Waals surface area contributed by atoms with Crippen molar-refractivity contribution in [3.8, 4) is 17.4 Å². The zero-order chi connectivity index (χ0) is 20.9. The number of thioether (sulfide) groups is 1. The van der Waals surface area contributed by atoms with Crippen LogP contribution in [0.3, 0.4) is 0 Å². The van der Waals surface area contributed by atoms with Crippen LogP contribution in [0.15, 0.2) is 59.6 Å². The standard InChI is InChI=1S/C25H28N2O2S/c1-3-7-17(8-4-2)21-16-30-25(26-21)19-10-5-11-20(15-19)29-23-14-13-18-9-6-12-22(28)24(18)27-23/h5-6,9-15,17,21,28H,3-4,7-8,16H2,1-2H3/t21-/m1/s1. The number of nitrogens with zero attached hydrogens (tertiary/aromatic N) is 2. The molecule has 1 N–H and O–H groups in total. The molecule has 0 radical (unpaired) electrons. The van der Waals surface area contributed by atoms with Crippen LogP contribution < -0.4 is 4.74 Å². The number of pyridine rings is 1. The largest absolute Gasteiger partial charge is 0.506 e. The van der Waals surface area contributed by atoms with Gasteiger partial charge in [0.1, 0.15) is 17.0 Å². The first-order valence-electron chi connectivity index (χ1n) is 10.8. The lowest BCUT2D eigenvalue weighted by atomic mass is 9.92. The Morgan fingerprint density at radius 1 is 1.07 bits per heavy atom. The Morgan fingerprint density at radius 3 is 2.67 bits per heavy atom. The Morgan fingerprint density at radius 2 is 1.87 bits per heavy atom. The summed E-state index contributed by atoms with van der Waals surface area (Å²) >= 11 is 1.85. The van der Waals surface area contributed by atoms with Crippen LogP contribution in [0.2, 0.25) is 0 Å². The van der Waals surface area contributed by atoms with Gasteiger partial charge >= 0.3 is 0 Å². The highest BCUT2D eigenvalue weighted by atomic mass is 32.2. The van der Waals surface area contributed by atoms with Crippen molar-refractivity contribution in [2.24, 2.45) is 10.9 Å². The summed E-state index contributed by atoms with van der Waals surface area (Å²) in [5, 5.41) is 12.0. The molecule has 1 aliphatic rings. The fourth-order valence-electron chi connectivity index (χ4n) is 4.04. The molecule has 0 saturated carbocycles. The van der Waals surface area contributed by atoms with Gasteiger partial charge in [0.2, 0.25) is 5.88 Å². The van der Waals surface area contributed by atoms with Gasteiger partial charge in [-0.15, -0.1) is 11.8 Å². The molecule has 2 aromatic carbocycles. The maximum atomic E-state index is 10.1. The van der Waals surface area contributed by atoms with Gasteiger partial charge in [-0.25, -0.2) is 4.98 Å². The van der Waals surface area contributed by atoms with Crippen LogP contribution in [0.4, 0.5) is 0 Å². The number of phenolic OH excluding ortho intramolecular Hbond substituents is 1. The maximum Gasteiger partial charge on any atom is 0.219 e. The van der Waals surface area contributed by atoms with Crippen molar-refractivity contribution in [2.45, 2.75) is 45.6 Å². The van der Waals surface area contributed by atoms with Crippen molar-refractivity contribution in [1.82, 2.24) is 4.98 Å². The third-order valence-corrected chi connectivity index (χ3v) is 6.64. The molecule has 1 atom stereocenters. The summed E-state index contributed by atoms with van der Waals surface area (Å²) in [4.78, 5) is 9.54. The van der Waals surface area contributed by atoms with Crippen LogP contribution in [-0.4, -0.2) is 26.9 Å². The van der Waals surface area contributed by atoms with E-state index in [4.69, 9.17) is 9.73 Å². The van der Waals surface area contributed by atoms with E-state index in [1.165, 1.54) is 25.7 Å². The van der Waals surface area contributed by atoms with Gasteiger partial charge in [-0.2, -0.15) is 0 Å². The summed E-state index contributed by atoms with van der Waals surface area (Å²) in [5.41, 5.74) is 1.64. The van der Waals surface area contributed by atoms with Gasteiger partial charge in [-0.3, -0.25) is 4.99 Å². The maximum absolute atomic E-state index is 10.1. The van der Waals surface area contributed by atoms with Crippen molar-refractivity contribution in [3.05, 3.63) is 60.2 Å². The van der Waals surface area contributed by atoms with E-state index >= 15 is 0 Å². The van der Waals surface area contributed by atoms with Crippen LogP contribution in [0.1, 0.15) is 45.1 Å². The SMILES string of the molecule is CCCC(CCC)[C@H]1CSC(c2cccc(Oc3ccc4cccc(O)c4n3)c2)=N1. The summed E-state index contributed by atoms with van der Waals surface area (Å²) in [7, 11) is 0. The zero-order valence-electron chi connectivity index (χ0n) is 17.5. The number of aliphatic imine (C=N–C) groups is 1. The Balaban J connectivity index is 1.53. The first-order chi connectivity index (χ1) is 14.7. The van der Waals surface area contributed by atoms with E-state index in [-0.39, 0.29) is 5.75 Å². The quantitative estimate of drug-likeness (QED) is 0.435. The molecule has 1 aromatic heterocycles. The fraction of sp³-hybridized carbons (Fsp3) is 0.360. The topological polar surface area (TPSA) is 54.7 Å². The predicted molar refractivity (Wildman–Crippen MR) is 126 cm³/mol. The van der Waals surface area contributed by atoms with Gasteiger partial charge < -0.3 is 9.84 Å². The summed E-state index contributed by atoms with van der Waals surface area (Å²) in [6, 6.07) is 17.6. The van der Waals surface area contributed by atoms with Gasteiger partial charge in [-0.1, -0.05) is 51.0 Å². The first-order valence-corrected chi connectivity index (χ1v) is 11.7. The lowest BCUT2D eigenvalue weighted by Crippen LogP contribution is -2.18. The number of para-hydroxylation sites is 1. The Kier molecular flexibility index (Phi) is 6.58. The lowest BCUT2D eigenvalue weighted by Gasteiger charge is -2.19. The molecule has 0 bridgehead atoms. The molecule has 0 aliphatic carbocycles. The smallest absolute Gasteiger partial charge is 0.219 e. The number of aromatic nitrogens is 1. The minimum Gasteiger partial charge on any atom is -0.506 e. The average molecular weight is 421 g/mol. The zero-order valence-corrected chi connectivity index (χ0v) is 18.4. The van der Waals surface area contributed by atoms with Crippen LogP contribution >= 0.6 is 11.8 Å². The molecule has 0 amide bonds. The highest BCUT2D eigenvalue weighted by Crippen LogP contribution is 2.33. The van der Waals surface area contributed by atoms with Gasteiger partial charge in [0.05, 0.1) is 11.1 Å². The van der Waals surface area contributed by atoms with Crippen molar-refractivity contribution >= 4 is 27.7 Å². The monoisotopic (exact) mass is 420 g/mol. The van der Waals surface area contributed by atoms with Gasteiger partial charge in [-0.05, 0) is 43.0 Å². The summed E-state index contributed by atoms with van der Waals surface area (Å²) < 4.78 is 6.01. The molecule has 1 aliphatic heterocycles. The number of phenols is 1. The molecule has 0 spiro atoms. The fourth-order valence-corrected chi connectivity index (χ4v) is 5.22. The van der Waals surface area contributed by atoms with E-state index in [1.54, 1.807) is 6.07 Å². The van der Waals surface area contributed by atoms with Crippen LogP contribution in [-0.2, 0) is 0 Å². The second kappa shape index (κ2) is 9.52. The van der Waals surface area contributed by atoms with Gasteiger partial charge in [0, 0.05) is 22.8 Å². The second-order valence-corrected chi connectivity index (χ2v) is 8.79. The molecule has 5 heteroatoms. The number of benzene rings is 2. The molecule has 30 heavy (non-hydrogen) atoms. The minimum atomic E-state index is 0.156. The Bertz CT molecular complexity index is 1040. The molecule has 4 rings (SSSR count). The summed E-state index contributed by atoms with van der Waals surface area (Å²) in [5.74, 6) is 3.09. The van der Waals surface area contributed by atoms with Crippen LogP contribution in [0, 0.1) is 5.92 Å². The summed E-state index contributed by atoms with van der Waals surface area (Å²) in [6.07, 6.45) is 4.93. The van der Waals surface area contributed by atoms with Crippen molar-refractivity contribution < 1.29 is 9.84 Å². The second-order valence-electron chi connectivity index (χ2n) is 7.78. The number of fused-ring (bicyclic) bond motifs is 1. The Labute approximate surface area is 182 Å². The molecule has 3 aromatic rings. The molecule has 156 valence electrons. The van der Waals surface area contributed by atoms with Crippen LogP contribution in [0.25, 0.3) is 10.9 Å². The first kappa shape index (κ1) is 20.7. The van der Waals surface area contributed by atoms with E-state index in [1.807, 2.05) is 54.2 Å². The number of ether oxygens (including phenoxy) is 1. The molecule has 0 saturated heterocycles. The number of hydrogen-bond acceptors (Lipinski definition) is 5. The van der Waals surface area contributed by atoms with E-state index < -0.39 is 0 Å².